The molecule has 1 N–H and O–H groups in total. The molecule has 132 valence electrons. The van der Waals surface area contributed by atoms with Gasteiger partial charge in [0, 0.05) is 17.9 Å². The molecule has 0 bridgehead atoms. The van der Waals surface area contributed by atoms with E-state index < -0.39 is 6.36 Å². The number of hydrogen-bond acceptors (Lipinski definition) is 2. The highest BCUT2D eigenvalue weighted by Crippen LogP contribution is 2.29. The summed E-state index contributed by atoms with van der Waals surface area (Å²) in [5, 5.41) is 2.71. The summed E-state index contributed by atoms with van der Waals surface area (Å²) in [6, 6.07) is 10.7. The van der Waals surface area contributed by atoms with Crippen LogP contribution in [-0.2, 0) is 6.42 Å². The number of ether oxygens (including phenoxy) is 1. The van der Waals surface area contributed by atoms with Crippen molar-refractivity contribution in [2.24, 2.45) is 0 Å². The number of benzene rings is 2. The Kier molecular flexibility index (Phi) is 4.57. The smallest absolute Gasteiger partial charge is 0.406 e. The zero-order valence-electron chi connectivity index (χ0n) is 13.6. The monoisotopic (exact) mass is 350 g/mol. The zero-order chi connectivity index (χ0) is 18.0. The van der Waals surface area contributed by atoms with Gasteiger partial charge >= 0.3 is 12.4 Å². The second-order valence-electron chi connectivity index (χ2n) is 5.89. The van der Waals surface area contributed by atoms with E-state index in [4.69, 9.17) is 0 Å². The van der Waals surface area contributed by atoms with E-state index in [-0.39, 0.29) is 11.8 Å². The first kappa shape index (κ1) is 17.1. The van der Waals surface area contributed by atoms with Gasteiger partial charge in [0.1, 0.15) is 5.75 Å². The van der Waals surface area contributed by atoms with Crippen molar-refractivity contribution >= 4 is 17.4 Å². The quantitative estimate of drug-likeness (QED) is 0.839. The lowest BCUT2D eigenvalue weighted by Gasteiger charge is -2.29. The predicted octanol–water partition coefficient (Wildman–Crippen LogP) is 4.88. The normalized spacial score (nSPS) is 14.0. The number of rotatable bonds is 2. The van der Waals surface area contributed by atoms with Crippen LogP contribution in [0.3, 0.4) is 0 Å². The van der Waals surface area contributed by atoms with Gasteiger partial charge in [-0.1, -0.05) is 17.7 Å². The van der Waals surface area contributed by atoms with Crippen molar-refractivity contribution in [3.05, 3.63) is 53.6 Å². The Labute approximate surface area is 143 Å². The Morgan fingerprint density at radius 3 is 2.56 bits per heavy atom. The van der Waals surface area contributed by atoms with E-state index in [1.54, 1.807) is 4.90 Å². The largest absolute Gasteiger partial charge is 0.573 e. The number of fused-ring (bicyclic) bond motifs is 1. The van der Waals surface area contributed by atoms with Crippen LogP contribution in [0, 0.1) is 6.92 Å². The Bertz CT molecular complexity index is 773. The summed E-state index contributed by atoms with van der Waals surface area (Å²) in [5.74, 6) is -0.329. The maximum atomic E-state index is 12.5. The molecule has 25 heavy (non-hydrogen) atoms. The molecule has 1 aliphatic rings. The molecule has 0 radical (unpaired) electrons. The Hall–Kier alpha value is -2.70. The van der Waals surface area contributed by atoms with Crippen molar-refractivity contribution in [1.82, 2.24) is 0 Å². The molecule has 0 unspecified atom stereocenters. The fourth-order valence-corrected chi connectivity index (χ4v) is 2.87. The molecule has 0 fully saturated rings. The topological polar surface area (TPSA) is 41.6 Å². The molecule has 1 heterocycles. The number of halogens is 3. The van der Waals surface area contributed by atoms with Crippen molar-refractivity contribution < 1.29 is 22.7 Å². The molecule has 0 atom stereocenters. The highest BCUT2D eigenvalue weighted by atomic mass is 19.4. The van der Waals surface area contributed by atoms with Gasteiger partial charge in [0.25, 0.3) is 0 Å². The van der Waals surface area contributed by atoms with Gasteiger partial charge in [0.2, 0.25) is 0 Å². The summed E-state index contributed by atoms with van der Waals surface area (Å²) in [6.45, 7) is 2.60. The number of amides is 2. The minimum Gasteiger partial charge on any atom is -0.406 e. The van der Waals surface area contributed by atoms with Crippen LogP contribution >= 0.6 is 0 Å². The van der Waals surface area contributed by atoms with Crippen LogP contribution in [0.5, 0.6) is 5.75 Å². The van der Waals surface area contributed by atoms with Gasteiger partial charge < -0.3 is 10.1 Å². The Morgan fingerprint density at radius 1 is 1.16 bits per heavy atom. The number of alkyl halides is 3. The molecule has 2 aromatic rings. The van der Waals surface area contributed by atoms with Crippen molar-refractivity contribution in [2.75, 3.05) is 16.8 Å². The number of nitrogens with one attached hydrogen (secondary N) is 1. The molecule has 7 heteroatoms. The van der Waals surface area contributed by atoms with E-state index in [0.717, 1.165) is 41.8 Å². The maximum Gasteiger partial charge on any atom is 0.573 e. The summed E-state index contributed by atoms with van der Waals surface area (Å²) in [6.07, 6.45) is -2.95. The van der Waals surface area contributed by atoms with E-state index in [2.05, 4.69) is 16.1 Å². The Morgan fingerprint density at radius 2 is 1.88 bits per heavy atom. The minimum absolute atomic E-state index is 0.311. The number of carbonyl (C=O) groups is 1. The molecule has 2 aromatic carbocycles. The van der Waals surface area contributed by atoms with Crippen LogP contribution in [0.1, 0.15) is 17.5 Å². The minimum atomic E-state index is -4.74. The van der Waals surface area contributed by atoms with Crippen LogP contribution in [0.15, 0.2) is 42.5 Å². The van der Waals surface area contributed by atoms with Crippen molar-refractivity contribution in [3.8, 4) is 5.75 Å². The Balaban J connectivity index is 1.71. The van der Waals surface area contributed by atoms with Crippen molar-refractivity contribution in [1.29, 1.82) is 0 Å². The first-order chi connectivity index (χ1) is 11.8. The van der Waals surface area contributed by atoms with E-state index in [9.17, 15) is 18.0 Å². The average molecular weight is 350 g/mol. The van der Waals surface area contributed by atoms with Gasteiger partial charge in [-0.25, -0.2) is 4.79 Å². The third kappa shape index (κ3) is 4.23. The highest BCUT2D eigenvalue weighted by Gasteiger charge is 2.31. The summed E-state index contributed by atoms with van der Waals surface area (Å²) in [5.41, 5.74) is 3.53. The number of urea groups is 1. The van der Waals surface area contributed by atoms with Gasteiger partial charge in [-0.3, -0.25) is 4.90 Å². The molecular formula is C18H17F3N2O2. The van der Waals surface area contributed by atoms with Crippen molar-refractivity contribution in [3.63, 3.8) is 0 Å². The summed E-state index contributed by atoms with van der Waals surface area (Å²) in [7, 11) is 0. The molecule has 3 rings (SSSR count). The molecule has 2 amide bonds. The molecule has 0 aromatic heterocycles. The summed E-state index contributed by atoms with van der Waals surface area (Å²) >= 11 is 0. The fraction of sp³-hybridized carbons (Fsp3) is 0.278. The van der Waals surface area contributed by atoms with E-state index in [1.165, 1.54) is 12.1 Å². The first-order valence-corrected chi connectivity index (χ1v) is 7.86. The number of hydrogen-bond donors (Lipinski definition) is 1. The second kappa shape index (κ2) is 6.66. The summed E-state index contributed by atoms with van der Waals surface area (Å²) in [4.78, 5) is 14.2. The molecule has 0 saturated carbocycles. The van der Waals surface area contributed by atoms with Gasteiger partial charge in [-0.05, 0) is 55.7 Å². The highest BCUT2D eigenvalue weighted by molar-refractivity contribution is 6.02. The van der Waals surface area contributed by atoms with E-state index >= 15 is 0 Å². The van der Waals surface area contributed by atoms with Crippen LogP contribution in [0.25, 0.3) is 0 Å². The number of carbonyl (C=O) groups excluding carboxylic acids is 1. The van der Waals surface area contributed by atoms with Gasteiger partial charge in [-0.2, -0.15) is 0 Å². The SMILES string of the molecule is Cc1ccc2c(c1)CCCN2C(=O)Nc1ccc(OC(F)(F)F)cc1. The molecule has 4 nitrogen and oxygen atoms in total. The number of nitrogens with zero attached hydrogens (tertiary/aromatic N) is 1. The van der Waals surface area contributed by atoms with Gasteiger partial charge in [0.15, 0.2) is 0 Å². The fourth-order valence-electron chi connectivity index (χ4n) is 2.87. The molecular weight excluding hydrogens is 333 g/mol. The lowest BCUT2D eigenvalue weighted by molar-refractivity contribution is -0.274. The maximum absolute atomic E-state index is 12.5. The van der Waals surface area contributed by atoms with E-state index in [0.29, 0.717) is 12.2 Å². The average Bonchev–Trinajstić information content (AvgIpc) is 2.54. The third-order valence-electron chi connectivity index (χ3n) is 3.94. The number of aryl methyl sites for hydroxylation is 2. The van der Waals surface area contributed by atoms with Crippen LogP contribution in [-0.4, -0.2) is 18.9 Å². The lowest BCUT2D eigenvalue weighted by atomic mass is 10.00. The first-order valence-electron chi connectivity index (χ1n) is 7.86. The predicted molar refractivity (Wildman–Crippen MR) is 89.0 cm³/mol. The number of anilines is 2. The van der Waals surface area contributed by atoms with Crippen LogP contribution in [0.2, 0.25) is 0 Å². The van der Waals surface area contributed by atoms with Gasteiger partial charge in [-0.15, -0.1) is 13.2 Å². The molecule has 0 aliphatic carbocycles. The third-order valence-corrected chi connectivity index (χ3v) is 3.94. The lowest BCUT2D eigenvalue weighted by Crippen LogP contribution is -2.38. The molecule has 0 saturated heterocycles. The molecule has 1 aliphatic heterocycles. The second-order valence-corrected chi connectivity index (χ2v) is 5.89. The summed E-state index contributed by atoms with van der Waals surface area (Å²) < 4.78 is 40.3. The zero-order valence-corrected chi connectivity index (χ0v) is 13.6. The van der Waals surface area contributed by atoms with Crippen LogP contribution < -0.4 is 15.0 Å². The van der Waals surface area contributed by atoms with Gasteiger partial charge in [0.05, 0.1) is 0 Å². The molecule has 0 spiro atoms. The van der Waals surface area contributed by atoms with Crippen LogP contribution in [0.4, 0.5) is 29.3 Å². The van der Waals surface area contributed by atoms with E-state index in [1.807, 2.05) is 19.1 Å². The van der Waals surface area contributed by atoms with Crippen molar-refractivity contribution in [2.45, 2.75) is 26.1 Å². The standard InChI is InChI=1S/C18H17F3N2O2/c1-12-4-9-16-13(11-12)3-2-10-23(16)17(24)22-14-5-7-15(8-6-14)25-18(19,20)21/h4-9,11H,2-3,10H2,1H3,(H,22,24).